The third-order valence-electron chi connectivity index (χ3n) is 3.33. The lowest BCUT2D eigenvalue weighted by molar-refractivity contribution is -0.134. The van der Waals surface area contributed by atoms with Crippen LogP contribution in [0.4, 0.5) is 0 Å². The lowest BCUT2D eigenvalue weighted by Gasteiger charge is -2.18. The van der Waals surface area contributed by atoms with Gasteiger partial charge in [0.25, 0.3) is 0 Å². The molecule has 1 unspecified atom stereocenters. The summed E-state index contributed by atoms with van der Waals surface area (Å²) in [6.07, 6.45) is 2.51. The van der Waals surface area contributed by atoms with Crippen molar-refractivity contribution in [3.8, 4) is 0 Å². The number of hydrogen-bond acceptors (Lipinski definition) is 4. The molecule has 5 heteroatoms. The van der Waals surface area contributed by atoms with Gasteiger partial charge in [-0.2, -0.15) is 0 Å². The van der Waals surface area contributed by atoms with Gasteiger partial charge in [0.05, 0.1) is 5.92 Å². The molecule has 0 radical (unpaired) electrons. The van der Waals surface area contributed by atoms with Crippen LogP contribution in [-0.4, -0.2) is 17.0 Å². The van der Waals surface area contributed by atoms with E-state index in [-0.39, 0.29) is 11.8 Å². The van der Waals surface area contributed by atoms with Crippen molar-refractivity contribution < 1.29 is 14.1 Å². The number of hydrogen-bond donors (Lipinski definition) is 1. The molecule has 3 rings (SSSR count). The number of imide groups is 1. The number of amides is 2. The number of nitrogens with zero attached hydrogens (tertiary/aromatic N) is 1. The summed E-state index contributed by atoms with van der Waals surface area (Å²) >= 11 is 0. The molecule has 0 spiro atoms. The van der Waals surface area contributed by atoms with E-state index in [1.165, 1.54) is 0 Å². The van der Waals surface area contributed by atoms with E-state index in [1.807, 2.05) is 12.1 Å². The summed E-state index contributed by atoms with van der Waals surface area (Å²) in [7, 11) is 0. The van der Waals surface area contributed by atoms with Crippen LogP contribution in [0.2, 0.25) is 0 Å². The Hall–Kier alpha value is -2.43. The molecular weight excluding hydrogens is 244 g/mol. The summed E-state index contributed by atoms with van der Waals surface area (Å²) in [5, 5.41) is 7.12. The first-order chi connectivity index (χ1) is 9.19. The Morgan fingerprint density at radius 3 is 3.00 bits per heavy atom. The number of carbonyl (C=O) groups is 2. The summed E-state index contributed by atoms with van der Waals surface area (Å²) in [4.78, 5) is 23.0. The molecule has 1 saturated heterocycles. The maximum atomic E-state index is 11.9. The van der Waals surface area contributed by atoms with Crippen molar-refractivity contribution in [1.29, 1.82) is 0 Å². The Labute approximate surface area is 109 Å². The van der Waals surface area contributed by atoms with E-state index in [2.05, 4.69) is 17.1 Å². The predicted octanol–water partition coefficient (Wildman–Crippen LogP) is 1.99. The van der Waals surface area contributed by atoms with Gasteiger partial charge in [-0.3, -0.25) is 14.9 Å². The van der Waals surface area contributed by atoms with Crippen molar-refractivity contribution in [2.24, 2.45) is 0 Å². The Morgan fingerprint density at radius 2 is 2.26 bits per heavy atom. The Bertz CT molecular complexity index is 687. The van der Waals surface area contributed by atoms with Crippen molar-refractivity contribution in [3.05, 3.63) is 36.0 Å². The minimum Gasteiger partial charge on any atom is -0.356 e. The SMILES string of the molecule is C=Cc1ccc2onc(C3CCC(=O)NC3=O)c2c1. The Kier molecular flexibility index (Phi) is 2.67. The van der Waals surface area contributed by atoms with Crippen LogP contribution >= 0.6 is 0 Å². The van der Waals surface area contributed by atoms with E-state index in [4.69, 9.17) is 4.52 Å². The van der Waals surface area contributed by atoms with Gasteiger partial charge in [-0.1, -0.05) is 23.9 Å². The van der Waals surface area contributed by atoms with Gasteiger partial charge in [0, 0.05) is 11.8 Å². The minimum absolute atomic E-state index is 0.235. The predicted molar refractivity (Wildman–Crippen MR) is 69.2 cm³/mol. The smallest absolute Gasteiger partial charge is 0.235 e. The van der Waals surface area contributed by atoms with Gasteiger partial charge < -0.3 is 4.52 Å². The molecule has 1 aliphatic heterocycles. The average Bonchev–Trinajstić information content (AvgIpc) is 2.81. The second-order valence-electron chi connectivity index (χ2n) is 4.53. The van der Waals surface area contributed by atoms with Crippen LogP contribution in [0.15, 0.2) is 29.3 Å². The molecule has 2 heterocycles. The maximum absolute atomic E-state index is 11.9. The van der Waals surface area contributed by atoms with E-state index >= 15 is 0 Å². The van der Waals surface area contributed by atoms with Crippen molar-refractivity contribution in [1.82, 2.24) is 10.5 Å². The standard InChI is InChI=1S/C14H12N2O3/c1-2-8-3-5-11-10(7-8)13(16-19-11)9-4-6-12(17)15-14(9)18/h2-3,5,7,9H,1,4,6H2,(H,15,17,18). The maximum Gasteiger partial charge on any atom is 0.235 e. The molecule has 1 N–H and O–H groups in total. The molecule has 0 bridgehead atoms. The normalized spacial score (nSPS) is 19.5. The van der Waals surface area contributed by atoms with Crippen LogP contribution < -0.4 is 5.32 Å². The highest BCUT2D eigenvalue weighted by Crippen LogP contribution is 2.30. The van der Waals surface area contributed by atoms with Crippen LogP contribution in [-0.2, 0) is 9.59 Å². The van der Waals surface area contributed by atoms with Crippen molar-refractivity contribution in [3.63, 3.8) is 0 Å². The molecule has 1 aliphatic rings. The Balaban J connectivity index is 2.07. The molecule has 1 aromatic heterocycles. The lowest BCUT2D eigenvalue weighted by Crippen LogP contribution is -2.39. The van der Waals surface area contributed by atoms with Crippen LogP contribution in [0.1, 0.15) is 30.0 Å². The third-order valence-corrected chi connectivity index (χ3v) is 3.33. The van der Waals surface area contributed by atoms with Crippen LogP contribution in [0.25, 0.3) is 17.0 Å². The monoisotopic (exact) mass is 256 g/mol. The first kappa shape index (κ1) is 11.6. The van der Waals surface area contributed by atoms with Crippen molar-refractivity contribution >= 4 is 28.9 Å². The molecule has 1 atom stereocenters. The first-order valence-electron chi connectivity index (χ1n) is 6.04. The molecular formula is C14H12N2O3. The zero-order valence-electron chi connectivity index (χ0n) is 10.2. The van der Waals surface area contributed by atoms with Crippen LogP contribution in [0.3, 0.4) is 0 Å². The summed E-state index contributed by atoms with van der Waals surface area (Å²) in [5.41, 5.74) is 2.15. The molecule has 2 aromatic rings. The second-order valence-corrected chi connectivity index (χ2v) is 4.53. The number of carbonyl (C=O) groups excluding carboxylic acids is 2. The number of fused-ring (bicyclic) bond motifs is 1. The van der Waals surface area contributed by atoms with E-state index < -0.39 is 5.92 Å². The largest absolute Gasteiger partial charge is 0.356 e. The second kappa shape index (κ2) is 4.35. The number of nitrogens with one attached hydrogen (secondary N) is 1. The van der Waals surface area contributed by atoms with Crippen LogP contribution in [0, 0.1) is 0 Å². The molecule has 96 valence electrons. The highest BCUT2D eigenvalue weighted by Gasteiger charge is 2.31. The summed E-state index contributed by atoms with van der Waals surface area (Å²) in [6, 6.07) is 5.56. The lowest BCUT2D eigenvalue weighted by atomic mass is 9.92. The first-order valence-corrected chi connectivity index (χ1v) is 6.04. The van der Waals surface area contributed by atoms with Gasteiger partial charge >= 0.3 is 0 Å². The fraction of sp³-hybridized carbons (Fsp3) is 0.214. The number of piperidine rings is 1. The minimum atomic E-state index is -0.431. The fourth-order valence-electron chi connectivity index (χ4n) is 2.31. The summed E-state index contributed by atoms with van der Waals surface area (Å²) < 4.78 is 5.23. The zero-order chi connectivity index (χ0) is 13.4. The van der Waals surface area contributed by atoms with Gasteiger partial charge in [0.1, 0.15) is 5.69 Å². The summed E-state index contributed by atoms with van der Waals surface area (Å²) in [6.45, 7) is 3.71. The van der Waals surface area contributed by atoms with E-state index in [1.54, 1.807) is 12.1 Å². The summed E-state index contributed by atoms with van der Waals surface area (Å²) in [5.74, 6) is -0.977. The molecule has 2 amide bonds. The highest BCUT2D eigenvalue weighted by molar-refractivity contribution is 6.02. The highest BCUT2D eigenvalue weighted by atomic mass is 16.5. The molecule has 19 heavy (non-hydrogen) atoms. The number of rotatable bonds is 2. The van der Waals surface area contributed by atoms with Crippen molar-refractivity contribution in [2.75, 3.05) is 0 Å². The van der Waals surface area contributed by atoms with E-state index in [0.29, 0.717) is 24.1 Å². The van der Waals surface area contributed by atoms with Crippen molar-refractivity contribution in [2.45, 2.75) is 18.8 Å². The Morgan fingerprint density at radius 1 is 1.42 bits per heavy atom. The molecule has 1 fully saturated rings. The third kappa shape index (κ3) is 1.93. The van der Waals surface area contributed by atoms with E-state index in [9.17, 15) is 9.59 Å². The number of aromatic nitrogens is 1. The quantitative estimate of drug-likeness (QED) is 0.834. The van der Waals surface area contributed by atoms with E-state index in [0.717, 1.165) is 10.9 Å². The van der Waals surface area contributed by atoms with Gasteiger partial charge in [0.15, 0.2) is 5.58 Å². The zero-order valence-corrected chi connectivity index (χ0v) is 10.2. The molecule has 1 aromatic carbocycles. The molecule has 0 aliphatic carbocycles. The topological polar surface area (TPSA) is 72.2 Å². The van der Waals surface area contributed by atoms with Crippen LogP contribution in [0.5, 0.6) is 0 Å². The van der Waals surface area contributed by atoms with Gasteiger partial charge in [-0.25, -0.2) is 0 Å². The average molecular weight is 256 g/mol. The van der Waals surface area contributed by atoms with Gasteiger partial charge in [0.2, 0.25) is 11.8 Å². The molecule has 5 nitrogen and oxygen atoms in total. The van der Waals surface area contributed by atoms with Gasteiger partial charge in [-0.15, -0.1) is 0 Å². The fourth-order valence-corrected chi connectivity index (χ4v) is 2.31. The number of benzene rings is 1. The van der Waals surface area contributed by atoms with Gasteiger partial charge in [-0.05, 0) is 24.1 Å². The molecule has 0 saturated carbocycles.